The molecule has 0 atom stereocenters. The maximum atomic E-state index is 11.6. The standard InChI is InChI=1S/C17H17N3O2/c1-22-17(21)12-3-6-14-11(10-12)2-7-15(19-14)16-8-9-18-20(16)13-4-5-13/h3,6,8-10,13H,2,4-5,7H2,1H3. The highest BCUT2D eigenvalue weighted by Gasteiger charge is 2.28. The first-order valence-corrected chi connectivity index (χ1v) is 7.59. The third kappa shape index (κ3) is 2.22. The zero-order valence-electron chi connectivity index (χ0n) is 12.5. The summed E-state index contributed by atoms with van der Waals surface area (Å²) in [6.07, 6.45) is 6.03. The number of esters is 1. The van der Waals surface area contributed by atoms with E-state index in [9.17, 15) is 4.79 Å². The van der Waals surface area contributed by atoms with Gasteiger partial charge in [0.05, 0.1) is 35.8 Å². The maximum Gasteiger partial charge on any atom is 0.337 e. The average Bonchev–Trinajstić information content (AvgIpc) is 3.30. The number of aliphatic imine (C=N–C) groups is 1. The number of fused-ring (bicyclic) bond motifs is 1. The first-order valence-electron chi connectivity index (χ1n) is 7.59. The van der Waals surface area contributed by atoms with E-state index < -0.39 is 0 Å². The van der Waals surface area contributed by atoms with Gasteiger partial charge in [0.1, 0.15) is 0 Å². The first kappa shape index (κ1) is 13.2. The smallest absolute Gasteiger partial charge is 0.337 e. The monoisotopic (exact) mass is 295 g/mol. The molecule has 0 unspecified atom stereocenters. The molecule has 0 saturated heterocycles. The third-order valence-corrected chi connectivity index (χ3v) is 4.25. The van der Waals surface area contributed by atoms with Gasteiger partial charge < -0.3 is 4.74 Å². The van der Waals surface area contributed by atoms with E-state index in [-0.39, 0.29) is 5.97 Å². The Morgan fingerprint density at radius 3 is 2.91 bits per heavy atom. The summed E-state index contributed by atoms with van der Waals surface area (Å²) < 4.78 is 6.87. The lowest BCUT2D eigenvalue weighted by Gasteiger charge is -2.17. The molecule has 2 heterocycles. The minimum atomic E-state index is -0.301. The number of aryl methyl sites for hydroxylation is 1. The SMILES string of the molecule is COC(=O)c1ccc2c(c1)CCC(c1ccnn1C1CC1)=N2. The summed E-state index contributed by atoms with van der Waals surface area (Å²) in [6, 6.07) is 8.16. The number of nitrogens with zero attached hydrogens (tertiary/aromatic N) is 3. The molecule has 1 aromatic heterocycles. The van der Waals surface area contributed by atoms with Crippen LogP contribution in [0.4, 0.5) is 5.69 Å². The highest BCUT2D eigenvalue weighted by molar-refractivity contribution is 6.02. The van der Waals surface area contributed by atoms with E-state index in [0.29, 0.717) is 11.6 Å². The second kappa shape index (κ2) is 5.09. The first-order chi connectivity index (χ1) is 10.8. The fourth-order valence-electron chi connectivity index (χ4n) is 2.93. The van der Waals surface area contributed by atoms with Crippen molar-refractivity contribution in [3.63, 3.8) is 0 Å². The van der Waals surface area contributed by atoms with E-state index in [1.165, 1.54) is 20.0 Å². The molecule has 5 heteroatoms. The number of rotatable bonds is 3. The van der Waals surface area contributed by atoms with Gasteiger partial charge in [-0.3, -0.25) is 9.67 Å². The van der Waals surface area contributed by atoms with Crippen molar-refractivity contribution in [3.05, 3.63) is 47.3 Å². The maximum absolute atomic E-state index is 11.6. The fraction of sp³-hybridized carbons (Fsp3) is 0.353. The Balaban J connectivity index is 1.69. The van der Waals surface area contributed by atoms with Crippen molar-refractivity contribution >= 4 is 17.4 Å². The van der Waals surface area contributed by atoms with E-state index in [1.807, 2.05) is 24.4 Å². The second-order valence-corrected chi connectivity index (χ2v) is 5.79. The Kier molecular flexibility index (Phi) is 3.06. The quantitative estimate of drug-likeness (QED) is 0.818. The minimum Gasteiger partial charge on any atom is -0.465 e. The van der Waals surface area contributed by atoms with Crippen molar-refractivity contribution < 1.29 is 9.53 Å². The predicted molar refractivity (Wildman–Crippen MR) is 82.8 cm³/mol. The molecule has 112 valence electrons. The van der Waals surface area contributed by atoms with E-state index >= 15 is 0 Å². The molecule has 2 aromatic rings. The molecule has 1 saturated carbocycles. The van der Waals surface area contributed by atoms with Gasteiger partial charge in [-0.1, -0.05) is 0 Å². The fourth-order valence-corrected chi connectivity index (χ4v) is 2.93. The van der Waals surface area contributed by atoms with E-state index in [2.05, 4.69) is 9.78 Å². The number of ether oxygens (including phenoxy) is 1. The minimum absolute atomic E-state index is 0.301. The van der Waals surface area contributed by atoms with Gasteiger partial charge in [-0.15, -0.1) is 0 Å². The van der Waals surface area contributed by atoms with Crippen molar-refractivity contribution in [2.24, 2.45) is 4.99 Å². The van der Waals surface area contributed by atoms with Crippen LogP contribution in [0, 0.1) is 0 Å². The van der Waals surface area contributed by atoms with Crippen LogP contribution in [0.5, 0.6) is 0 Å². The van der Waals surface area contributed by atoms with Crippen molar-refractivity contribution in [1.29, 1.82) is 0 Å². The summed E-state index contributed by atoms with van der Waals surface area (Å²) >= 11 is 0. The number of benzene rings is 1. The zero-order chi connectivity index (χ0) is 15.1. The largest absolute Gasteiger partial charge is 0.465 e. The molecular weight excluding hydrogens is 278 g/mol. The van der Waals surface area contributed by atoms with Crippen LogP contribution in [-0.4, -0.2) is 28.6 Å². The number of hydrogen-bond donors (Lipinski definition) is 0. The molecule has 22 heavy (non-hydrogen) atoms. The van der Waals surface area contributed by atoms with Gasteiger partial charge in [-0.2, -0.15) is 5.10 Å². The number of methoxy groups -OCH3 is 1. The highest BCUT2D eigenvalue weighted by atomic mass is 16.5. The lowest BCUT2D eigenvalue weighted by atomic mass is 9.98. The molecule has 1 aliphatic carbocycles. The van der Waals surface area contributed by atoms with Crippen LogP contribution in [0.25, 0.3) is 0 Å². The van der Waals surface area contributed by atoms with Gasteiger partial charge in [-0.05, 0) is 55.5 Å². The molecule has 0 N–H and O–H groups in total. The summed E-state index contributed by atoms with van der Waals surface area (Å²) in [5.74, 6) is -0.301. The van der Waals surface area contributed by atoms with Crippen LogP contribution in [0.1, 0.15) is 46.9 Å². The molecular formula is C17H17N3O2. The lowest BCUT2D eigenvalue weighted by molar-refractivity contribution is 0.0600. The molecule has 1 aliphatic heterocycles. The van der Waals surface area contributed by atoms with Crippen molar-refractivity contribution in [2.75, 3.05) is 7.11 Å². The van der Waals surface area contributed by atoms with Crippen LogP contribution >= 0.6 is 0 Å². The van der Waals surface area contributed by atoms with Crippen LogP contribution in [0.3, 0.4) is 0 Å². The second-order valence-electron chi connectivity index (χ2n) is 5.79. The van der Waals surface area contributed by atoms with E-state index in [4.69, 9.17) is 9.73 Å². The summed E-state index contributed by atoms with van der Waals surface area (Å²) in [7, 11) is 1.40. The molecule has 1 fully saturated rings. The van der Waals surface area contributed by atoms with Crippen LogP contribution in [0.2, 0.25) is 0 Å². The van der Waals surface area contributed by atoms with Crippen LogP contribution in [-0.2, 0) is 11.2 Å². The molecule has 0 amide bonds. The van der Waals surface area contributed by atoms with Gasteiger partial charge >= 0.3 is 5.97 Å². The van der Waals surface area contributed by atoms with Gasteiger partial charge in [-0.25, -0.2) is 4.79 Å². The number of carbonyl (C=O) groups is 1. The lowest BCUT2D eigenvalue weighted by Crippen LogP contribution is -2.14. The average molecular weight is 295 g/mol. The summed E-state index contributed by atoms with van der Waals surface area (Å²) in [5.41, 5.74) is 4.84. The molecule has 0 radical (unpaired) electrons. The Morgan fingerprint density at radius 2 is 2.14 bits per heavy atom. The molecule has 4 rings (SSSR count). The number of carbonyl (C=O) groups excluding carboxylic acids is 1. The third-order valence-electron chi connectivity index (χ3n) is 4.25. The molecule has 0 spiro atoms. The van der Waals surface area contributed by atoms with Crippen LogP contribution < -0.4 is 0 Å². The zero-order valence-corrected chi connectivity index (χ0v) is 12.5. The van der Waals surface area contributed by atoms with Crippen molar-refractivity contribution in [3.8, 4) is 0 Å². The van der Waals surface area contributed by atoms with Gasteiger partial charge in [0.2, 0.25) is 0 Å². The Morgan fingerprint density at radius 1 is 1.27 bits per heavy atom. The number of hydrogen-bond acceptors (Lipinski definition) is 4. The normalized spacial score (nSPS) is 16.9. The highest BCUT2D eigenvalue weighted by Crippen LogP contribution is 2.36. The summed E-state index contributed by atoms with van der Waals surface area (Å²) in [6.45, 7) is 0. The molecule has 5 nitrogen and oxygen atoms in total. The summed E-state index contributed by atoms with van der Waals surface area (Å²) in [5, 5.41) is 4.43. The topological polar surface area (TPSA) is 56.5 Å². The van der Waals surface area contributed by atoms with Crippen LogP contribution in [0.15, 0.2) is 35.5 Å². The Labute approximate surface area is 128 Å². The van der Waals surface area contributed by atoms with Gasteiger partial charge in [0.15, 0.2) is 0 Å². The van der Waals surface area contributed by atoms with Crippen molar-refractivity contribution in [2.45, 2.75) is 31.7 Å². The number of aromatic nitrogens is 2. The van der Waals surface area contributed by atoms with E-state index in [0.717, 1.165) is 35.5 Å². The molecule has 0 bridgehead atoms. The summed E-state index contributed by atoms with van der Waals surface area (Å²) in [4.78, 5) is 16.4. The molecule has 1 aromatic carbocycles. The predicted octanol–water partition coefficient (Wildman–Crippen LogP) is 3.07. The molecule has 2 aliphatic rings. The van der Waals surface area contributed by atoms with Gasteiger partial charge in [0, 0.05) is 6.20 Å². The van der Waals surface area contributed by atoms with Gasteiger partial charge in [0.25, 0.3) is 0 Å². The Hall–Kier alpha value is -2.43. The van der Waals surface area contributed by atoms with E-state index in [1.54, 1.807) is 6.07 Å². The van der Waals surface area contributed by atoms with Crippen molar-refractivity contribution in [1.82, 2.24) is 9.78 Å². The Bertz CT molecular complexity index is 772.